The number of nitrogens with zero attached hydrogens (tertiary/aromatic N) is 1. The molecule has 0 radical (unpaired) electrons. The van der Waals surface area contributed by atoms with Crippen LogP contribution in [-0.4, -0.2) is 49.7 Å². The molecule has 74 valence electrons. The molecule has 4 nitrogen and oxygen atoms in total. The maximum Gasteiger partial charge on any atom is 0.303 e. The van der Waals surface area contributed by atoms with E-state index in [1.54, 1.807) is 0 Å². The standard InChI is InChI=1S/C8H18NO2.H2O/c1-7(11-8(2)10)6-9(3,4)5;/h7H,6H2,1-5H3;1H2/q+1;/p-1. The quantitative estimate of drug-likeness (QED) is 0.465. The third-order valence-electron chi connectivity index (χ3n) is 1.17. The van der Waals surface area contributed by atoms with Crippen molar-refractivity contribution in [1.82, 2.24) is 0 Å². The van der Waals surface area contributed by atoms with Crippen LogP contribution in [0.2, 0.25) is 0 Å². The van der Waals surface area contributed by atoms with Gasteiger partial charge in [-0.15, -0.1) is 0 Å². The number of ether oxygens (including phenoxy) is 1. The Balaban J connectivity index is 0. The highest BCUT2D eigenvalue weighted by atomic mass is 16.5. The third-order valence-corrected chi connectivity index (χ3v) is 1.17. The molecule has 0 bridgehead atoms. The van der Waals surface area contributed by atoms with Gasteiger partial charge in [0.05, 0.1) is 21.1 Å². The molecule has 0 saturated carbocycles. The van der Waals surface area contributed by atoms with Crippen LogP contribution >= 0.6 is 0 Å². The van der Waals surface area contributed by atoms with Gasteiger partial charge in [0, 0.05) is 6.92 Å². The molecule has 0 rings (SSSR count). The van der Waals surface area contributed by atoms with Crippen molar-refractivity contribution >= 4 is 5.97 Å². The lowest BCUT2D eigenvalue weighted by Gasteiger charge is -2.26. The topological polar surface area (TPSA) is 56.3 Å². The fourth-order valence-corrected chi connectivity index (χ4v) is 1.09. The zero-order valence-electron chi connectivity index (χ0n) is 8.50. The highest BCUT2D eigenvalue weighted by molar-refractivity contribution is 5.66. The van der Waals surface area contributed by atoms with Crippen molar-refractivity contribution in [2.45, 2.75) is 20.0 Å². The number of likely N-dealkylation sites (N-methyl/N-ethyl adjacent to an activating group) is 1. The van der Waals surface area contributed by atoms with Gasteiger partial charge in [0.25, 0.3) is 0 Å². The monoisotopic (exact) mass is 177 g/mol. The van der Waals surface area contributed by atoms with Crippen LogP contribution in [0.3, 0.4) is 0 Å². The largest absolute Gasteiger partial charge is 0.870 e. The molecule has 4 heteroatoms. The van der Waals surface area contributed by atoms with E-state index in [4.69, 9.17) is 4.74 Å². The zero-order valence-corrected chi connectivity index (χ0v) is 8.50. The summed E-state index contributed by atoms with van der Waals surface area (Å²) in [5.41, 5.74) is 0. The first-order chi connectivity index (χ1) is 4.81. The fourth-order valence-electron chi connectivity index (χ4n) is 1.09. The Morgan fingerprint density at radius 3 is 2.08 bits per heavy atom. The minimum atomic E-state index is -0.203. The number of hydrogen-bond acceptors (Lipinski definition) is 3. The van der Waals surface area contributed by atoms with Crippen LogP contribution in [0, 0.1) is 0 Å². The first-order valence-corrected chi connectivity index (χ1v) is 3.79. The molecule has 0 amide bonds. The van der Waals surface area contributed by atoms with Crippen LogP contribution in [0.25, 0.3) is 0 Å². The van der Waals surface area contributed by atoms with Gasteiger partial charge in [0.15, 0.2) is 0 Å². The minimum absolute atomic E-state index is 0. The predicted octanol–water partition coefficient (Wildman–Crippen LogP) is 0.467. The van der Waals surface area contributed by atoms with Crippen LogP contribution in [-0.2, 0) is 9.53 Å². The van der Waals surface area contributed by atoms with E-state index in [2.05, 4.69) is 21.1 Å². The van der Waals surface area contributed by atoms with Crippen molar-refractivity contribution in [2.75, 3.05) is 27.7 Å². The van der Waals surface area contributed by atoms with Crippen molar-refractivity contribution in [3.05, 3.63) is 0 Å². The molecule has 12 heavy (non-hydrogen) atoms. The summed E-state index contributed by atoms with van der Waals surface area (Å²) in [7, 11) is 6.21. The Labute approximate surface area is 74.0 Å². The number of carbonyl (C=O) groups excluding carboxylic acids is 1. The maximum atomic E-state index is 10.5. The highest BCUT2D eigenvalue weighted by Crippen LogP contribution is 1.98. The molecule has 0 saturated heterocycles. The molecule has 0 aliphatic rings. The van der Waals surface area contributed by atoms with E-state index in [0.29, 0.717) is 0 Å². The molecule has 0 aliphatic heterocycles. The van der Waals surface area contributed by atoms with Crippen molar-refractivity contribution in [3.8, 4) is 0 Å². The number of rotatable bonds is 3. The molecule has 0 aromatic rings. The van der Waals surface area contributed by atoms with Gasteiger partial charge in [0.2, 0.25) is 0 Å². The van der Waals surface area contributed by atoms with E-state index in [-0.39, 0.29) is 17.5 Å². The number of hydrogen-bond donors (Lipinski definition) is 0. The second kappa shape index (κ2) is 5.11. The second-order valence-corrected chi connectivity index (χ2v) is 3.89. The van der Waals surface area contributed by atoms with Crippen molar-refractivity contribution < 1.29 is 19.5 Å². The summed E-state index contributed by atoms with van der Waals surface area (Å²) in [5, 5.41) is 0. The summed E-state index contributed by atoms with van der Waals surface area (Å²) in [6.45, 7) is 4.19. The van der Waals surface area contributed by atoms with Crippen LogP contribution in [0.15, 0.2) is 0 Å². The molecule has 0 heterocycles. The Morgan fingerprint density at radius 1 is 1.42 bits per heavy atom. The SMILES string of the molecule is CC(=O)OC(C)C[N+](C)(C)C.[OH-]. The van der Waals surface area contributed by atoms with Gasteiger partial charge in [-0.05, 0) is 6.92 Å². The summed E-state index contributed by atoms with van der Waals surface area (Å²) < 4.78 is 5.79. The molecule has 0 aliphatic carbocycles. The summed E-state index contributed by atoms with van der Waals surface area (Å²) in [6, 6.07) is 0. The smallest absolute Gasteiger partial charge is 0.303 e. The zero-order chi connectivity index (χ0) is 9.07. The normalized spacial score (nSPS) is 13.1. The van der Waals surface area contributed by atoms with Crippen molar-refractivity contribution in [1.29, 1.82) is 0 Å². The fraction of sp³-hybridized carbons (Fsp3) is 0.875. The third kappa shape index (κ3) is 9.39. The molecule has 0 aromatic heterocycles. The minimum Gasteiger partial charge on any atom is -0.870 e. The Hall–Kier alpha value is -0.610. The molecule has 1 N–H and O–H groups in total. The van der Waals surface area contributed by atoms with E-state index in [1.165, 1.54) is 6.92 Å². The summed E-state index contributed by atoms with van der Waals surface area (Å²) >= 11 is 0. The van der Waals surface area contributed by atoms with E-state index in [9.17, 15) is 4.79 Å². The Kier molecular flexibility index (Phi) is 5.94. The van der Waals surface area contributed by atoms with Gasteiger partial charge in [-0.25, -0.2) is 0 Å². The van der Waals surface area contributed by atoms with Crippen molar-refractivity contribution in [3.63, 3.8) is 0 Å². The van der Waals surface area contributed by atoms with E-state index in [1.807, 2.05) is 6.92 Å². The van der Waals surface area contributed by atoms with Crippen LogP contribution in [0.1, 0.15) is 13.8 Å². The van der Waals surface area contributed by atoms with E-state index >= 15 is 0 Å². The van der Waals surface area contributed by atoms with E-state index in [0.717, 1.165) is 11.0 Å². The van der Waals surface area contributed by atoms with Crippen LogP contribution in [0.4, 0.5) is 0 Å². The molecular formula is C8H19NO3. The number of carbonyl (C=O) groups is 1. The van der Waals surface area contributed by atoms with Crippen LogP contribution in [0.5, 0.6) is 0 Å². The molecule has 1 atom stereocenters. The Bertz CT molecular complexity index is 140. The molecule has 0 fully saturated rings. The maximum absolute atomic E-state index is 10.5. The summed E-state index contributed by atoms with van der Waals surface area (Å²) in [4.78, 5) is 10.5. The van der Waals surface area contributed by atoms with Crippen LogP contribution < -0.4 is 0 Å². The lowest BCUT2D eigenvalue weighted by molar-refractivity contribution is -0.873. The summed E-state index contributed by atoms with van der Waals surface area (Å²) in [6.07, 6.45) is 0.00694. The molecule has 0 spiro atoms. The summed E-state index contributed by atoms with van der Waals surface area (Å²) in [5.74, 6) is -0.203. The predicted molar refractivity (Wildman–Crippen MR) is 46.1 cm³/mol. The average molecular weight is 177 g/mol. The van der Waals surface area contributed by atoms with E-state index < -0.39 is 0 Å². The van der Waals surface area contributed by atoms with Gasteiger partial charge in [0.1, 0.15) is 12.6 Å². The van der Waals surface area contributed by atoms with Gasteiger partial charge in [-0.2, -0.15) is 0 Å². The first-order valence-electron chi connectivity index (χ1n) is 3.79. The molecular weight excluding hydrogens is 158 g/mol. The lowest BCUT2D eigenvalue weighted by Crippen LogP contribution is -2.41. The molecule has 0 aromatic carbocycles. The number of quaternary nitrogens is 1. The highest BCUT2D eigenvalue weighted by Gasteiger charge is 2.15. The first kappa shape index (κ1) is 13.9. The number of esters is 1. The van der Waals surface area contributed by atoms with Gasteiger partial charge >= 0.3 is 5.97 Å². The second-order valence-electron chi connectivity index (χ2n) is 3.89. The lowest BCUT2D eigenvalue weighted by atomic mass is 10.3. The van der Waals surface area contributed by atoms with Crippen molar-refractivity contribution in [2.24, 2.45) is 0 Å². The molecule has 1 unspecified atom stereocenters. The van der Waals surface area contributed by atoms with Gasteiger partial charge in [-0.1, -0.05) is 0 Å². The van der Waals surface area contributed by atoms with Gasteiger partial charge in [-0.3, -0.25) is 4.79 Å². The Morgan fingerprint density at radius 2 is 1.83 bits per heavy atom. The average Bonchev–Trinajstić information content (AvgIpc) is 1.53. The van der Waals surface area contributed by atoms with Gasteiger partial charge < -0.3 is 14.7 Å².